The van der Waals surface area contributed by atoms with E-state index in [1.165, 1.54) is 7.11 Å². The molecular weight excluding hydrogens is 389 g/mol. The maximum Gasteiger partial charge on any atom is 0.328 e. The molecule has 0 heterocycles. The average Bonchev–Trinajstić information content (AvgIpc) is 2.65. The Morgan fingerprint density at radius 3 is 2.41 bits per heavy atom. The second kappa shape index (κ2) is 10.2. The van der Waals surface area contributed by atoms with Gasteiger partial charge in [0.25, 0.3) is 5.91 Å². The van der Waals surface area contributed by atoms with Crippen molar-refractivity contribution in [3.05, 3.63) is 63.6 Å². The van der Waals surface area contributed by atoms with Gasteiger partial charge in [-0.25, -0.2) is 4.79 Å². The Kier molecular flexibility index (Phi) is 7.95. The quantitative estimate of drug-likeness (QED) is 0.660. The third-order valence-electron chi connectivity index (χ3n) is 3.79. The number of halogens is 2. The van der Waals surface area contributed by atoms with Crippen LogP contribution < -0.4 is 10.1 Å². The summed E-state index contributed by atoms with van der Waals surface area (Å²) in [6.07, 6.45) is 1.13. The van der Waals surface area contributed by atoms with E-state index in [9.17, 15) is 9.59 Å². The highest BCUT2D eigenvalue weighted by atomic mass is 35.5. The minimum Gasteiger partial charge on any atom is -0.494 e. The zero-order valence-corrected chi connectivity index (χ0v) is 16.6. The number of carbonyl (C=O) groups is 2. The Balaban J connectivity index is 2.19. The summed E-state index contributed by atoms with van der Waals surface area (Å²) in [6.45, 7) is 2.62. The molecule has 0 aliphatic heterocycles. The number of ether oxygens (including phenoxy) is 2. The molecule has 2 aromatic carbocycles. The Morgan fingerprint density at radius 1 is 1.11 bits per heavy atom. The van der Waals surface area contributed by atoms with E-state index >= 15 is 0 Å². The number of benzene rings is 2. The van der Waals surface area contributed by atoms with Crippen LogP contribution in [-0.2, 0) is 16.0 Å². The SMILES string of the molecule is CCCOc1cccc(C[C@H](NC(=O)c2c(Cl)cccc2Cl)C(=O)OC)c1. The summed E-state index contributed by atoms with van der Waals surface area (Å²) in [5.41, 5.74) is 0.944. The molecule has 1 atom stereocenters. The predicted molar refractivity (Wildman–Crippen MR) is 106 cm³/mol. The molecule has 0 unspecified atom stereocenters. The topological polar surface area (TPSA) is 64.6 Å². The first-order valence-corrected chi connectivity index (χ1v) is 9.26. The molecule has 0 saturated heterocycles. The summed E-state index contributed by atoms with van der Waals surface area (Å²) in [5.74, 6) is -0.399. The highest BCUT2D eigenvalue weighted by Gasteiger charge is 2.25. The first-order chi connectivity index (χ1) is 13.0. The van der Waals surface area contributed by atoms with E-state index < -0.39 is 17.9 Å². The summed E-state index contributed by atoms with van der Waals surface area (Å²) < 4.78 is 10.4. The van der Waals surface area contributed by atoms with E-state index in [4.69, 9.17) is 32.7 Å². The Morgan fingerprint density at radius 2 is 1.78 bits per heavy atom. The zero-order chi connectivity index (χ0) is 19.8. The van der Waals surface area contributed by atoms with Gasteiger partial charge in [-0.05, 0) is 36.2 Å². The number of esters is 1. The Hall–Kier alpha value is -2.24. The number of hydrogen-bond donors (Lipinski definition) is 1. The molecule has 0 bridgehead atoms. The van der Waals surface area contributed by atoms with Crippen molar-refractivity contribution < 1.29 is 19.1 Å². The van der Waals surface area contributed by atoms with E-state index in [1.807, 2.05) is 31.2 Å². The normalized spacial score (nSPS) is 11.6. The fourth-order valence-electron chi connectivity index (χ4n) is 2.50. The number of methoxy groups -OCH3 is 1. The van der Waals surface area contributed by atoms with Gasteiger partial charge in [0.05, 0.1) is 29.3 Å². The molecule has 2 rings (SSSR count). The summed E-state index contributed by atoms with van der Waals surface area (Å²) in [6, 6.07) is 11.2. The molecule has 0 radical (unpaired) electrons. The van der Waals surface area contributed by atoms with Gasteiger partial charge in [0.1, 0.15) is 11.8 Å². The van der Waals surface area contributed by atoms with E-state index in [0.29, 0.717) is 12.4 Å². The molecule has 144 valence electrons. The van der Waals surface area contributed by atoms with Crippen molar-refractivity contribution in [1.82, 2.24) is 5.32 Å². The molecule has 0 aliphatic carbocycles. The van der Waals surface area contributed by atoms with Crippen LogP contribution in [0.1, 0.15) is 29.3 Å². The van der Waals surface area contributed by atoms with Crippen molar-refractivity contribution in [2.75, 3.05) is 13.7 Å². The van der Waals surface area contributed by atoms with Gasteiger partial charge in [-0.15, -0.1) is 0 Å². The second-order valence-electron chi connectivity index (χ2n) is 5.85. The van der Waals surface area contributed by atoms with Crippen molar-refractivity contribution in [3.63, 3.8) is 0 Å². The molecule has 1 N–H and O–H groups in total. The van der Waals surface area contributed by atoms with Crippen LogP contribution in [0.5, 0.6) is 5.75 Å². The van der Waals surface area contributed by atoms with E-state index in [-0.39, 0.29) is 22.0 Å². The van der Waals surface area contributed by atoms with Crippen molar-refractivity contribution in [3.8, 4) is 5.75 Å². The fraction of sp³-hybridized carbons (Fsp3) is 0.300. The highest BCUT2D eigenvalue weighted by Crippen LogP contribution is 2.24. The first-order valence-electron chi connectivity index (χ1n) is 8.50. The van der Waals surface area contributed by atoms with Crippen LogP contribution in [0, 0.1) is 0 Å². The lowest BCUT2D eigenvalue weighted by atomic mass is 10.0. The molecule has 0 fully saturated rings. The molecule has 0 aliphatic rings. The van der Waals surface area contributed by atoms with Gasteiger partial charge in [0.15, 0.2) is 0 Å². The van der Waals surface area contributed by atoms with Gasteiger partial charge in [-0.1, -0.05) is 48.3 Å². The molecule has 5 nitrogen and oxygen atoms in total. The van der Waals surface area contributed by atoms with Crippen LogP contribution in [-0.4, -0.2) is 31.6 Å². The molecule has 27 heavy (non-hydrogen) atoms. The number of nitrogens with one attached hydrogen (secondary N) is 1. The molecule has 0 saturated carbocycles. The standard InChI is InChI=1S/C20H21Cl2NO4/c1-3-10-27-14-7-4-6-13(11-14)12-17(20(25)26-2)23-19(24)18-15(21)8-5-9-16(18)22/h4-9,11,17H,3,10,12H2,1-2H3,(H,23,24)/t17-/m0/s1. The molecule has 2 aromatic rings. The average molecular weight is 410 g/mol. The van der Waals surface area contributed by atoms with Gasteiger partial charge in [-0.2, -0.15) is 0 Å². The molecule has 0 aromatic heterocycles. The minimum absolute atomic E-state index is 0.120. The summed E-state index contributed by atoms with van der Waals surface area (Å²) >= 11 is 12.1. The molecule has 7 heteroatoms. The van der Waals surface area contributed by atoms with Crippen molar-refractivity contribution in [2.24, 2.45) is 0 Å². The monoisotopic (exact) mass is 409 g/mol. The largest absolute Gasteiger partial charge is 0.494 e. The molecule has 0 spiro atoms. The first kappa shape index (κ1) is 21.1. The minimum atomic E-state index is -0.892. The van der Waals surface area contributed by atoms with E-state index in [1.54, 1.807) is 18.2 Å². The third-order valence-corrected chi connectivity index (χ3v) is 4.42. The van der Waals surface area contributed by atoms with E-state index in [2.05, 4.69) is 5.32 Å². The van der Waals surface area contributed by atoms with Crippen molar-refractivity contribution >= 4 is 35.1 Å². The van der Waals surface area contributed by atoms with Crippen molar-refractivity contribution in [2.45, 2.75) is 25.8 Å². The zero-order valence-electron chi connectivity index (χ0n) is 15.1. The van der Waals surface area contributed by atoms with Gasteiger partial charge in [-0.3, -0.25) is 4.79 Å². The maximum atomic E-state index is 12.6. The van der Waals surface area contributed by atoms with Crippen LogP contribution in [0.25, 0.3) is 0 Å². The number of amides is 1. The Bertz CT molecular complexity index is 790. The fourth-order valence-corrected chi connectivity index (χ4v) is 3.07. The van der Waals surface area contributed by atoms with Gasteiger partial charge in [0.2, 0.25) is 0 Å². The lowest BCUT2D eigenvalue weighted by Gasteiger charge is -2.18. The van der Waals surface area contributed by atoms with Crippen LogP contribution in [0.2, 0.25) is 10.0 Å². The van der Waals surface area contributed by atoms with Crippen LogP contribution in [0.15, 0.2) is 42.5 Å². The second-order valence-corrected chi connectivity index (χ2v) is 6.66. The van der Waals surface area contributed by atoms with Crippen LogP contribution >= 0.6 is 23.2 Å². The number of carbonyl (C=O) groups excluding carboxylic acids is 2. The van der Waals surface area contributed by atoms with Crippen LogP contribution in [0.4, 0.5) is 0 Å². The summed E-state index contributed by atoms with van der Waals surface area (Å²) in [4.78, 5) is 24.8. The van der Waals surface area contributed by atoms with Crippen LogP contribution in [0.3, 0.4) is 0 Å². The lowest BCUT2D eigenvalue weighted by molar-refractivity contribution is -0.142. The number of hydrogen-bond acceptors (Lipinski definition) is 4. The van der Waals surface area contributed by atoms with E-state index in [0.717, 1.165) is 12.0 Å². The smallest absolute Gasteiger partial charge is 0.328 e. The highest BCUT2D eigenvalue weighted by molar-refractivity contribution is 6.39. The summed E-state index contributed by atoms with van der Waals surface area (Å²) in [5, 5.41) is 3.07. The summed E-state index contributed by atoms with van der Waals surface area (Å²) in [7, 11) is 1.27. The van der Waals surface area contributed by atoms with Gasteiger partial charge in [0, 0.05) is 6.42 Å². The Labute approximate surface area is 168 Å². The molecule has 1 amide bonds. The lowest BCUT2D eigenvalue weighted by Crippen LogP contribution is -2.43. The predicted octanol–water partition coefficient (Wildman–Crippen LogP) is 4.30. The molecular formula is C20H21Cl2NO4. The maximum absolute atomic E-state index is 12.6. The van der Waals surface area contributed by atoms with Crippen molar-refractivity contribution in [1.29, 1.82) is 0 Å². The number of rotatable bonds is 8. The van der Waals surface area contributed by atoms with Gasteiger partial charge >= 0.3 is 5.97 Å². The van der Waals surface area contributed by atoms with Gasteiger partial charge < -0.3 is 14.8 Å². The third kappa shape index (κ3) is 5.88.